The third kappa shape index (κ3) is 2.39. The Kier molecular flexibility index (Phi) is 3.27. The van der Waals surface area contributed by atoms with Crippen LogP contribution in [0.3, 0.4) is 0 Å². The van der Waals surface area contributed by atoms with Gasteiger partial charge in [0.2, 0.25) is 6.79 Å². The van der Waals surface area contributed by atoms with E-state index in [9.17, 15) is 9.59 Å². The molecule has 0 atom stereocenters. The number of nitrogens with one attached hydrogen (secondary N) is 3. The number of carbonyl (C=O) groups excluding carboxylic acids is 2. The lowest BCUT2D eigenvalue weighted by atomic mass is 10.2. The van der Waals surface area contributed by atoms with E-state index in [1.165, 1.54) is 0 Å². The number of hydrogen-bond donors (Lipinski definition) is 3. The van der Waals surface area contributed by atoms with E-state index in [1.807, 2.05) is 12.1 Å². The number of aromatic amines is 1. The van der Waals surface area contributed by atoms with Crippen LogP contribution in [-0.4, -0.2) is 28.8 Å². The van der Waals surface area contributed by atoms with Crippen molar-refractivity contribution in [3.63, 3.8) is 0 Å². The molecule has 0 aliphatic carbocycles. The highest BCUT2D eigenvalue weighted by Crippen LogP contribution is 2.32. The molecule has 120 valence electrons. The summed E-state index contributed by atoms with van der Waals surface area (Å²) in [7, 11) is 0. The van der Waals surface area contributed by atoms with Gasteiger partial charge in [-0.1, -0.05) is 18.2 Å². The molecule has 0 saturated heterocycles. The zero-order valence-corrected chi connectivity index (χ0v) is 12.3. The highest BCUT2D eigenvalue weighted by molar-refractivity contribution is 6.05. The molecular weight excluding hydrogens is 312 g/mol. The summed E-state index contributed by atoms with van der Waals surface area (Å²) >= 11 is 0. The Morgan fingerprint density at radius 1 is 1.00 bits per heavy atom. The molecule has 1 aromatic heterocycles. The minimum Gasteiger partial charge on any atom is -0.454 e. The number of aromatic nitrogens is 2. The van der Waals surface area contributed by atoms with Gasteiger partial charge in [0.15, 0.2) is 17.2 Å². The molecule has 2 amide bonds. The molecule has 8 nitrogen and oxygen atoms in total. The maximum absolute atomic E-state index is 12.2. The number of nitrogens with zero attached hydrogens (tertiary/aromatic N) is 1. The largest absolute Gasteiger partial charge is 0.454 e. The SMILES string of the molecule is O=C(NNC(=O)c1n[nH]c2ccccc12)c1ccc2c(c1)OCO2. The van der Waals surface area contributed by atoms with Gasteiger partial charge in [-0.2, -0.15) is 5.10 Å². The molecule has 0 saturated carbocycles. The minimum atomic E-state index is -0.512. The molecule has 0 unspecified atom stereocenters. The summed E-state index contributed by atoms with van der Waals surface area (Å²) in [6.45, 7) is 0.128. The average Bonchev–Trinajstić information content (AvgIpc) is 3.25. The van der Waals surface area contributed by atoms with Crippen LogP contribution < -0.4 is 20.3 Å². The number of hydrogen-bond acceptors (Lipinski definition) is 5. The number of benzene rings is 2. The highest BCUT2D eigenvalue weighted by atomic mass is 16.7. The van der Waals surface area contributed by atoms with Crippen LogP contribution >= 0.6 is 0 Å². The summed E-state index contributed by atoms with van der Waals surface area (Å²) in [6, 6.07) is 12.0. The first-order valence-corrected chi connectivity index (χ1v) is 7.16. The van der Waals surface area contributed by atoms with Crippen molar-refractivity contribution >= 4 is 22.7 Å². The van der Waals surface area contributed by atoms with E-state index in [4.69, 9.17) is 9.47 Å². The molecule has 3 N–H and O–H groups in total. The van der Waals surface area contributed by atoms with E-state index in [0.717, 1.165) is 5.52 Å². The van der Waals surface area contributed by atoms with Gasteiger partial charge in [0.05, 0.1) is 5.52 Å². The van der Waals surface area contributed by atoms with E-state index in [1.54, 1.807) is 30.3 Å². The van der Waals surface area contributed by atoms with Crippen molar-refractivity contribution in [1.82, 2.24) is 21.0 Å². The summed E-state index contributed by atoms with van der Waals surface area (Å²) in [5.74, 6) is 0.0916. The smallest absolute Gasteiger partial charge is 0.290 e. The van der Waals surface area contributed by atoms with Gasteiger partial charge >= 0.3 is 0 Å². The molecule has 4 rings (SSSR count). The zero-order valence-electron chi connectivity index (χ0n) is 12.3. The van der Waals surface area contributed by atoms with Gasteiger partial charge in [0.25, 0.3) is 11.8 Å². The third-order valence-corrected chi connectivity index (χ3v) is 3.61. The van der Waals surface area contributed by atoms with Gasteiger partial charge in [-0.15, -0.1) is 0 Å². The molecule has 1 aliphatic heterocycles. The van der Waals surface area contributed by atoms with Gasteiger partial charge in [-0.25, -0.2) is 0 Å². The number of H-pyrrole nitrogens is 1. The van der Waals surface area contributed by atoms with E-state index < -0.39 is 11.8 Å². The summed E-state index contributed by atoms with van der Waals surface area (Å²) in [4.78, 5) is 24.3. The lowest BCUT2D eigenvalue weighted by Gasteiger charge is -2.07. The van der Waals surface area contributed by atoms with Crippen LogP contribution in [0.1, 0.15) is 20.8 Å². The maximum atomic E-state index is 12.2. The molecule has 0 spiro atoms. The van der Waals surface area contributed by atoms with Crippen molar-refractivity contribution in [2.45, 2.75) is 0 Å². The second-order valence-electron chi connectivity index (χ2n) is 5.09. The summed E-state index contributed by atoms with van der Waals surface area (Å²) in [5.41, 5.74) is 5.99. The average molecular weight is 324 g/mol. The molecular formula is C16H12N4O4. The molecule has 24 heavy (non-hydrogen) atoms. The molecule has 0 radical (unpaired) electrons. The van der Waals surface area contributed by atoms with Crippen LogP contribution in [0, 0.1) is 0 Å². The standard InChI is InChI=1S/C16H12N4O4/c21-15(9-5-6-12-13(7-9)24-8-23-12)19-20-16(22)14-10-3-1-2-4-11(10)17-18-14/h1-7H,8H2,(H,17,18)(H,19,21)(H,20,22). The number of hydrazine groups is 1. The Balaban J connectivity index is 1.46. The number of carbonyl (C=O) groups is 2. The second-order valence-corrected chi connectivity index (χ2v) is 5.09. The first-order valence-electron chi connectivity index (χ1n) is 7.16. The summed E-state index contributed by atoms with van der Waals surface area (Å²) in [6.07, 6.45) is 0. The Hall–Kier alpha value is -3.55. The van der Waals surface area contributed by atoms with Crippen LogP contribution in [0.2, 0.25) is 0 Å². The quantitative estimate of drug-likeness (QED) is 0.617. The predicted molar refractivity (Wildman–Crippen MR) is 83.6 cm³/mol. The zero-order chi connectivity index (χ0) is 16.5. The number of rotatable bonds is 2. The van der Waals surface area contributed by atoms with E-state index in [0.29, 0.717) is 22.4 Å². The van der Waals surface area contributed by atoms with Gasteiger partial charge in [0, 0.05) is 10.9 Å². The van der Waals surface area contributed by atoms with Crippen LogP contribution in [0.15, 0.2) is 42.5 Å². The van der Waals surface area contributed by atoms with Gasteiger partial charge in [0.1, 0.15) is 0 Å². The van der Waals surface area contributed by atoms with Crippen molar-refractivity contribution in [1.29, 1.82) is 0 Å². The monoisotopic (exact) mass is 324 g/mol. The number of para-hydroxylation sites is 1. The fourth-order valence-electron chi connectivity index (χ4n) is 2.42. The summed E-state index contributed by atoms with van der Waals surface area (Å²) < 4.78 is 10.4. The molecule has 2 heterocycles. The lowest BCUT2D eigenvalue weighted by molar-refractivity contribution is 0.0844. The highest BCUT2D eigenvalue weighted by Gasteiger charge is 2.18. The maximum Gasteiger partial charge on any atom is 0.290 e. The summed E-state index contributed by atoms with van der Waals surface area (Å²) in [5, 5.41) is 7.40. The third-order valence-electron chi connectivity index (χ3n) is 3.61. The van der Waals surface area contributed by atoms with Crippen molar-refractivity contribution in [2.24, 2.45) is 0 Å². The number of fused-ring (bicyclic) bond motifs is 2. The fourth-order valence-corrected chi connectivity index (χ4v) is 2.42. The van der Waals surface area contributed by atoms with Crippen molar-refractivity contribution < 1.29 is 19.1 Å². The number of amides is 2. The van der Waals surface area contributed by atoms with Crippen molar-refractivity contribution in [3.05, 3.63) is 53.7 Å². The van der Waals surface area contributed by atoms with Gasteiger partial charge < -0.3 is 9.47 Å². The number of ether oxygens (including phenoxy) is 2. The minimum absolute atomic E-state index is 0.128. The van der Waals surface area contributed by atoms with Crippen LogP contribution in [0.4, 0.5) is 0 Å². The normalized spacial score (nSPS) is 12.2. The molecule has 2 aromatic carbocycles. The molecule has 8 heteroatoms. The van der Waals surface area contributed by atoms with E-state index in [-0.39, 0.29) is 12.5 Å². The van der Waals surface area contributed by atoms with Crippen LogP contribution in [-0.2, 0) is 0 Å². The van der Waals surface area contributed by atoms with E-state index >= 15 is 0 Å². The van der Waals surface area contributed by atoms with Crippen molar-refractivity contribution in [2.75, 3.05) is 6.79 Å². The molecule has 1 aliphatic rings. The topological polar surface area (TPSA) is 105 Å². The Morgan fingerprint density at radius 3 is 2.71 bits per heavy atom. The van der Waals surface area contributed by atoms with Crippen molar-refractivity contribution in [3.8, 4) is 11.5 Å². The van der Waals surface area contributed by atoms with Crippen LogP contribution in [0.5, 0.6) is 11.5 Å². The first kappa shape index (κ1) is 14.1. The predicted octanol–water partition coefficient (Wildman–Crippen LogP) is 1.37. The Morgan fingerprint density at radius 2 is 1.79 bits per heavy atom. The lowest BCUT2D eigenvalue weighted by Crippen LogP contribution is -2.41. The molecule has 0 fully saturated rings. The Labute approximate surface area is 135 Å². The van der Waals surface area contributed by atoms with Crippen LogP contribution in [0.25, 0.3) is 10.9 Å². The van der Waals surface area contributed by atoms with Gasteiger partial charge in [-0.3, -0.25) is 25.5 Å². The van der Waals surface area contributed by atoms with Gasteiger partial charge in [-0.05, 0) is 24.3 Å². The Bertz CT molecular complexity index is 950. The molecule has 3 aromatic rings. The first-order chi connectivity index (χ1) is 11.7. The second kappa shape index (κ2) is 5.58. The fraction of sp³-hybridized carbons (Fsp3) is 0.0625. The van der Waals surface area contributed by atoms with E-state index in [2.05, 4.69) is 21.0 Å². The molecule has 0 bridgehead atoms.